The van der Waals surface area contributed by atoms with Crippen LogP contribution in [-0.2, 0) is 12.5 Å². The first kappa shape index (κ1) is 10.2. The molecular weight excluding hydrogens is 220 g/mol. The van der Waals surface area contributed by atoms with Crippen molar-refractivity contribution in [2.75, 3.05) is 6.54 Å². The van der Waals surface area contributed by atoms with E-state index in [1.807, 2.05) is 13.2 Å². The number of nitrogens with zero attached hydrogens (tertiary/aromatic N) is 1. The number of aromatic nitrogens is 1. The van der Waals surface area contributed by atoms with Crippen molar-refractivity contribution in [2.45, 2.75) is 18.3 Å². The Kier molecular flexibility index (Phi) is 2.07. The Morgan fingerprint density at radius 3 is 2.81 bits per heavy atom. The fraction of sp³-hybridized carbons (Fsp3) is 0.385. The maximum absolute atomic E-state index is 6.21. The summed E-state index contributed by atoms with van der Waals surface area (Å²) in [5, 5.41) is 1.97. The largest absolute Gasteiger partial charge is 0.349 e. The number of halogens is 1. The standard InChI is InChI=1S/C13H15ClN2/c1-16-7-11(14)10-6-9(2-3-12(10)16)13(8-15)4-5-13/h2-3,6-7H,4-5,8,15H2,1H3. The van der Waals surface area contributed by atoms with Crippen molar-refractivity contribution >= 4 is 22.5 Å². The predicted octanol–water partition coefficient (Wildman–Crippen LogP) is 2.82. The van der Waals surface area contributed by atoms with Gasteiger partial charge in [0.1, 0.15) is 0 Å². The minimum Gasteiger partial charge on any atom is -0.349 e. The third-order valence-electron chi connectivity index (χ3n) is 3.80. The molecule has 0 bridgehead atoms. The lowest BCUT2D eigenvalue weighted by atomic mass is 9.95. The van der Waals surface area contributed by atoms with E-state index in [-0.39, 0.29) is 5.41 Å². The van der Waals surface area contributed by atoms with Crippen LogP contribution >= 0.6 is 11.6 Å². The van der Waals surface area contributed by atoms with E-state index in [2.05, 4.69) is 22.8 Å². The van der Waals surface area contributed by atoms with Gasteiger partial charge >= 0.3 is 0 Å². The Morgan fingerprint density at radius 1 is 1.44 bits per heavy atom. The van der Waals surface area contributed by atoms with Gasteiger partial charge in [-0.05, 0) is 30.5 Å². The molecule has 0 spiro atoms. The van der Waals surface area contributed by atoms with Crippen molar-refractivity contribution in [1.82, 2.24) is 4.57 Å². The Morgan fingerprint density at radius 2 is 2.19 bits per heavy atom. The van der Waals surface area contributed by atoms with Gasteiger partial charge in [-0.15, -0.1) is 0 Å². The third-order valence-corrected chi connectivity index (χ3v) is 4.10. The van der Waals surface area contributed by atoms with Gasteiger partial charge in [-0.3, -0.25) is 0 Å². The quantitative estimate of drug-likeness (QED) is 0.851. The van der Waals surface area contributed by atoms with Gasteiger partial charge in [-0.2, -0.15) is 0 Å². The maximum atomic E-state index is 6.21. The summed E-state index contributed by atoms with van der Waals surface area (Å²) in [5.74, 6) is 0. The van der Waals surface area contributed by atoms with E-state index in [1.165, 1.54) is 23.9 Å². The fourth-order valence-electron chi connectivity index (χ4n) is 2.44. The van der Waals surface area contributed by atoms with Gasteiger partial charge in [0, 0.05) is 36.1 Å². The summed E-state index contributed by atoms with van der Waals surface area (Å²) in [6, 6.07) is 6.54. The third kappa shape index (κ3) is 1.30. The molecule has 0 unspecified atom stereocenters. The van der Waals surface area contributed by atoms with Crippen LogP contribution < -0.4 is 5.73 Å². The predicted molar refractivity (Wildman–Crippen MR) is 67.9 cm³/mol. The first-order chi connectivity index (χ1) is 7.66. The zero-order valence-electron chi connectivity index (χ0n) is 9.33. The molecule has 3 heteroatoms. The molecule has 1 aromatic carbocycles. The lowest BCUT2D eigenvalue weighted by Gasteiger charge is -2.12. The highest BCUT2D eigenvalue weighted by molar-refractivity contribution is 6.35. The average molecular weight is 235 g/mol. The Bertz CT molecular complexity index is 552. The highest BCUT2D eigenvalue weighted by Crippen LogP contribution is 2.48. The van der Waals surface area contributed by atoms with E-state index in [0.717, 1.165) is 17.0 Å². The molecule has 16 heavy (non-hydrogen) atoms. The molecule has 1 aromatic heterocycles. The Balaban J connectivity index is 2.19. The second kappa shape index (κ2) is 3.25. The summed E-state index contributed by atoms with van der Waals surface area (Å²) in [5.41, 5.74) is 8.62. The van der Waals surface area contributed by atoms with Crippen LogP contribution in [0.15, 0.2) is 24.4 Å². The van der Waals surface area contributed by atoms with Crippen molar-refractivity contribution in [3.63, 3.8) is 0 Å². The van der Waals surface area contributed by atoms with Crippen LogP contribution in [0.5, 0.6) is 0 Å². The summed E-state index contributed by atoms with van der Waals surface area (Å²) in [4.78, 5) is 0. The van der Waals surface area contributed by atoms with Gasteiger partial charge in [-0.1, -0.05) is 17.7 Å². The van der Waals surface area contributed by atoms with Gasteiger partial charge in [0.05, 0.1) is 5.02 Å². The maximum Gasteiger partial charge on any atom is 0.0661 e. The van der Waals surface area contributed by atoms with Crippen molar-refractivity contribution in [3.05, 3.63) is 35.0 Å². The van der Waals surface area contributed by atoms with E-state index in [4.69, 9.17) is 17.3 Å². The molecule has 0 saturated heterocycles. The number of hydrogen-bond donors (Lipinski definition) is 1. The summed E-state index contributed by atoms with van der Waals surface area (Å²) < 4.78 is 2.06. The molecule has 84 valence electrons. The highest BCUT2D eigenvalue weighted by Gasteiger charge is 2.42. The van der Waals surface area contributed by atoms with Gasteiger partial charge in [-0.25, -0.2) is 0 Å². The number of aryl methyl sites for hydroxylation is 1. The molecular formula is C13H15ClN2. The molecule has 2 N–H and O–H groups in total. The number of fused-ring (bicyclic) bond motifs is 1. The van der Waals surface area contributed by atoms with Gasteiger partial charge in [0.15, 0.2) is 0 Å². The monoisotopic (exact) mass is 234 g/mol. The molecule has 1 aliphatic carbocycles. The van der Waals surface area contributed by atoms with Crippen LogP contribution in [0.4, 0.5) is 0 Å². The molecule has 2 nitrogen and oxygen atoms in total. The van der Waals surface area contributed by atoms with Crippen LogP contribution in [-0.4, -0.2) is 11.1 Å². The summed E-state index contributed by atoms with van der Waals surface area (Å²) in [6.07, 6.45) is 4.37. The lowest BCUT2D eigenvalue weighted by Crippen LogP contribution is -2.19. The first-order valence-corrected chi connectivity index (χ1v) is 5.99. The fourth-order valence-corrected chi connectivity index (χ4v) is 2.73. The summed E-state index contributed by atoms with van der Waals surface area (Å²) in [6.45, 7) is 0.739. The van der Waals surface area contributed by atoms with Crippen LogP contribution in [0.25, 0.3) is 10.9 Å². The SMILES string of the molecule is Cn1cc(Cl)c2cc(C3(CN)CC3)ccc21. The van der Waals surface area contributed by atoms with Crippen molar-refractivity contribution < 1.29 is 0 Å². The van der Waals surface area contributed by atoms with E-state index in [0.29, 0.717) is 0 Å². The van der Waals surface area contributed by atoms with Crippen LogP contribution in [0.1, 0.15) is 18.4 Å². The van der Waals surface area contributed by atoms with Gasteiger partial charge in [0.25, 0.3) is 0 Å². The molecule has 1 saturated carbocycles. The van der Waals surface area contributed by atoms with Crippen LogP contribution in [0.3, 0.4) is 0 Å². The summed E-state index contributed by atoms with van der Waals surface area (Å²) in [7, 11) is 2.02. The zero-order chi connectivity index (χ0) is 11.3. The minimum absolute atomic E-state index is 0.243. The van der Waals surface area contributed by atoms with E-state index < -0.39 is 0 Å². The number of nitrogens with two attached hydrogens (primary N) is 1. The molecule has 0 radical (unpaired) electrons. The normalized spacial score (nSPS) is 17.9. The van der Waals surface area contributed by atoms with Gasteiger partial charge in [0.2, 0.25) is 0 Å². The van der Waals surface area contributed by atoms with Crippen LogP contribution in [0, 0.1) is 0 Å². The van der Waals surface area contributed by atoms with Crippen molar-refractivity contribution in [2.24, 2.45) is 12.8 Å². The van der Waals surface area contributed by atoms with Crippen LogP contribution in [0.2, 0.25) is 5.02 Å². The van der Waals surface area contributed by atoms with Crippen molar-refractivity contribution in [1.29, 1.82) is 0 Å². The Labute approximate surface area is 100.0 Å². The smallest absolute Gasteiger partial charge is 0.0661 e. The van der Waals surface area contributed by atoms with Crippen molar-refractivity contribution in [3.8, 4) is 0 Å². The summed E-state index contributed by atoms with van der Waals surface area (Å²) >= 11 is 6.21. The molecule has 1 aliphatic rings. The molecule has 0 amide bonds. The van der Waals surface area contributed by atoms with E-state index in [1.54, 1.807) is 0 Å². The molecule has 0 aliphatic heterocycles. The number of benzene rings is 1. The molecule has 1 heterocycles. The average Bonchev–Trinajstić information content (AvgIpc) is 3.04. The van der Waals surface area contributed by atoms with Gasteiger partial charge < -0.3 is 10.3 Å². The first-order valence-electron chi connectivity index (χ1n) is 5.61. The molecule has 1 fully saturated rings. The van der Waals surface area contributed by atoms with E-state index >= 15 is 0 Å². The number of rotatable bonds is 2. The van der Waals surface area contributed by atoms with E-state index in [9.17, 15) is 0 Å². The Hall–Kier alpha value is -0.990. The number of hydrogen-bond acceptors (Lipinski definition) is 1. The topological polar surface area (TPSA) is 30.9 Å². The molecule has 3 rings (SSSR count). The second-order valence-corrected chi connectivity index (χ2v) is 5.21. The molecule has 0 atom stereocenters. The highest BCUT2D eigenvalue weighted by atomic mass is 35.5. The molecule has 2 aromatic rings. The zero-order valence-corrected chi connectivity index (χ0v) is 10.1. The second-order valence-electron chi connectivity index (χ2n) is 4.80. The lowest BCUT2D eigenvalue weighted by molar-refractivity contribution is 0.706. The minimum atomic E-state index is 0.243.